The van der Waals surface area contributed by atoms with Gasteiger partial charge in [-0.1, -0.05) is 37.4 Å². The fourth-order valence-corrected chi connectivity index (χ4v) is 3.37. The molecule has 0 aliphatic heterocycles. The molecule has 0 amide bonds. The number of nitrogens with two attached hydrogens (primary N) is 2. The number of hydrogen-bond donors (Lipinski definition) is 3. The summed E-state index contributed by atoms with van der Waals surface area (Å²) in [6.45, 7) is 2.03. The van der Waals surface area contributed by atoms with Crippen LogP contribution in [-0.4, -0.2) is 16.0 Å². The largest absolute Gasteiger partial charge is 0.383 e. The van der Waals surface area contributed by atoms with Crippen LogP contribution in [0.3, 0.4) is 0 Å². The van der Waals surface area contributed by atoms with Crippen molar-refractivity contribution in [2.45, 2.75) is 45.1 Å². The molecular weight excluding hydrogens is 416 g/mol. The van der Waals surface area contributed by atoms with Crippen LogP contribution in [0.4, 0.5) is 17.5 Å². The summed E-state index contributed by atoms with van der Waals surface area (Å²) in [5.41, 5.74) is 15.4. The number of aromatic nitrogens is 2. The maximum Gasteiger partial charge on any atom is 0.222 e. The fourth-order valence-electron chi connectivity index (χ4n) is 3.20. The normalized spacial score (nSPS) is 13.3. The quantitative estimate of drug-likeness (QED) is 0.611. The summed E-state index contributed by atoms with van der Waals surface area (Å²) in [5.74, 6) is 0.616. The van der Waals surface area contributed by atoms with E-state index < -0.39 is 0 Å². The Labute approximate surface area is 177 Å². The van der Waals surface area contributed by atoms with Gasteiger partial charge in [0, 0.05) is 11.6 Å². The van der Waals surface area contributed by atoms with Crippen molar-refractivity contribution in [2.75, 3.05) is 16.8 Å². The highest BCUT2D eigenvalue weighted by molar-refractivity contribution is 6.33. The van der Waals surface area contributed by atoms with Crippen LogP contribution in [0, 0.1) is 0 Å². The SMILES string of the molecule is CCc1nc(N)nc(N)c1-c1ccc(Cl)c(NC2CCCC2)c1.Cl.Cl.Cl. The van der Waals surface area contributed by atoms with E-state index in [0.717, 1.165) is 28.9 Å². The van der Waals surface area contributed by atoms with Gasteiger partial charge in [-0.05, 0) is 37.0 Å². The first-order valence-corrected chi connectivity index (χ1v) is 8.44. The van der Waals surface area contributed by atoms with E-state index in [1.807, 2.05) is 25.1 Å². The van der Waals surface area contributed by atoms with Crippen LogP contribution in [0.25, 0.3) is 11.1 Å². The van der Waals surface area contributed by atoms with Crippen LogP contribution >= 0.6 is 48.8 Å². The van der Waals surface area contributed by atoms with Crippen LogP contribution in [0.15, 0.2) is 18.2 Å². The molecule has 1 fully saturated rings. The molecule has 0 radical (unpaired) electrons. The van der Waals surface area contributed by atoms with Gasteiger partial charge in [0.2, 0.25) is 5.95 Å². The number of aryl methyl sites for hydroxylation is 1. The van der Waals surface area contributed by atoms with Gasteiger partial charge in [0.1, 0.15) is 5.82 Å². The molecule has 1 heterocycles. The van der Waals surface area contributed by atoms with Crippen molar-refractivity contribution in [2.24, 2.45) is 0 Å². The molecule has 146 valence electrons. The zero-order valence-electron chi connectivity index (χ0n) is 14.5. The first-order chi connectivity index (χ1) is 11.1. The molecule has 1 saturated carbocycles. The van der Waals surface area contributed by atoms with E-state index >= 15 is 0 Å². The topological polar surface area (TPSA) is 89.8 Å². The van der Waals surface area contributed by atoms with Crippen LogP contribution in [-0.2, 0) is 6.42 Å². The van der Waals surface area contributed by atoms with Gasteiger partial charge in [-0.15, -0.1) is 37.2 Å². The lowest BCUT2D eigenvalue weighted by molar-refractivity contribution is 0.755. The summed E-state index contributed by atoms with van der Waals surface area (Å²) in [6.07, 6.45) is 5.66. The summed E-state index contributed by atoms with van der Waals surface area (Å²) >= 11 is 6.36. The van der Waals surface area contributed by atoms with Crippen molar-refractivity contribution in [1.29, 1.82) is 0 Å². The Kier molecular flexibility index (Phi) is 10.4. The third-order valence-electron chi connectivity index (χ3n) is 4.33. The third kappa shape index (κ3) is 5.43. The molecule has 5 nitrogen and oxygen atoms in total. The number of halogens is 4. The van der Waals surface area contributed by atoms with E-state index in [1.54, 1.807) is 0 Å². The standard InChI is InChI=1S/C17H22ClN5.3ClH/c1-2-13-15(16(19)23-17(20)22-13)10-7-8-12(18)14(9-10)21-11-5-3-4-6-11;;;/h7-9,11,21H,2-6H2,1H3,(H4,19,20,22,23);3*1H. The molecule has 1 aromatic heterocycles. The van der Waals surface area contributed by atoms with Crippen molar-refractivity contribution < 1.29 is 0 Å². The molecule has 26 heavy (non-hydrogen) atoms. The van der Waals surface area contributed by atoms with E-state index in [2.05, 4.69) is 15.3 Å². The summed E-state index contributed by atoms with van der Waals surface area (Å²) in [6, 6.07) is 6.37. The highest BCUT2D eigenvalue weighted by atomic mass is 35.5. The van der Waals surface area contributed by atoms with Crippen molar-refractivity contribution in [3.63, 3.8) is 0 Å². The molecular formula is C17H25Cl4N5. The van der Waals surface area contributed by atoms with Gasteiger partial charge in [-0.2, -0.15) is 4.98 Å². The summed E-state index contributed by atoms with van der Waals surface area (Å²) < 4.78 is 0. The molecule has 0 bridgehead atoms. The molecule has 0 unspecified atom stereocenters. The van der Waals surface area contributed by atoms with Gasteiger partial charge in [0.25, 0.3) is 0 Å². The molecule has 0 saturated heterocycles. The third-order valence-corrected chi connectivity index (χ3v) is 4.66. The highest BCUT2D eigenvalue weighted by Crippen LogP contribution is 2.35. The van der Waals surface area contributed by atoms with Gasteiger partial charge in [0.05, 0.1) is 16.4 Å². The average molecular weight is 441 g/mol. The number of anilines is 3. The first kappa shape index (κ1) is 24.9. The van der Waals surface area contributed by atoms with Crippen molar-refractivity contribution in [3.05, 3.63) is 28.9 Å². The zero-order chi connectivity index (χ0) is 16.4. The van der Waals surface area contributed by atoms with E-state index in [1.165, 1.54) is 25.7 Å². The van der Waals surface area contributed by atoms with Crippen LogP contribution < -0.4 is 16.8 Å². The molecule has 2 aromatic rings. The molecule has 1 aliphatic rings. The maximum atomic E-state index is 6.36. The smallest absolute Gasteiger partial charge is 0.222 e. The molecule has 9 heteroatoms. The maximum absolute atomic E-state index is 6.36. The van der Waals surface area contributed by atoms with Gasteiger partial charge < -0.3 is 16.8 Å². The number of rotatable bonds is 4. The lowest BCUT2D eigenvalue weighted by Gasteiger charge is -2.17. The average Bonchev–Trinajstić information content (AvgIpc) is 3.02. The van der Waals surface area contributed by atoms with Gasteiger partial charge in [0.15, 0.2) is 0 Å². The monoisotopic (exact) mass is 439 g/mol. The Balaban J connectivity index is 0.00000208. The molecule has 3 rings (SSSR count). The second-order valence-corrected chi connectivity index (χ2v) is 6.37. The molecule has 1 aliphatic carbocycles. The number of nitrogen functional groups attached to an aromatic ring is 2. The van der Waals surface area contributed by atoms with Crippen molar-refractivity contribution in [3.8, 4) is 11.1 Å². The minimum Gasteiger partial charge on any atom is -0.383 e. The lowest BCUT2D eigenvalue weighted by atomic mass is 10.0. The molecule has 1 aromatic carbocycles. The summed E-state index contributed by atoms with van der Waals surface area (Å²) in [5, 5.41) is 4.27. The van der Waals surface area contributed by atoms with Crippen molar-refractivity contribution in [1.82, 2.24) is 9.97 Å². The van der Waals surface area contributed by atoms with E-state index in [0.29, 0.717) is 16.9 Å². The summed E-state index contributed by atoms with van der Waals surface area (Å²) in [4.78, 5) is 8.42. The Morgan fingerprint density at radius 2 is 1.77 bits per heavy atom. The van der Waals surface area contributed by atoms with Gasteiger partial charge in [-0.3, -0.25) is 0 Å². The van der Waals surface area contributed by atoms with Gasteiger partial charge >= 0.3 is 0 Å². The minimum atomic E-state index is 0. The predicted molar refractivity (Wildman–Crippen MR) is 118 cm³/mol. The second kappa shape index (κ2) is 10.9. The van der Waals surface area contributed by atoms with E-state index in [9.17, 15) is 0 Å². The Hall–Kier alpha value is -1.14. The summed E-state index contributed by atoms with van der Waals surface area (Å²) in [7, 11) is 0. The number of benzene rings is 1. The number of nitrogens with zero attached hydrogens (tertiary/aromatic N) is 2. The highest BCUT2D eigenvalue weighted by Gasteiger charge is 2.18. The molecule has 5 N–H and O–H groups in total. The number of nitrogens with one attached hydrogen (secondary N) is 1. The van der Waals surface area contributed by atoms with Crippen LogP contribution in [0.2, 0.25) is 5.02 Å². The Morgan fingerprint density at radius 1 is 1.12 bits per heavy atom. The van der Waals surface area contributed by atoms with Crippen molar-refractivity contribution >= 4 is 66.3 Å². The van der Waals surface area contributed by atoms with E-state index in [4.69, 9.17) is 23.1 Å². The van der Waals surface area contributed by atoms with Gasteiger partial charge in [-0.25, -0.2) is 4.98 Å². The first-order valence-electron chi connectivity index (χ1n) is 8.06. The van der Waals surface area contributed by atoms with E-state index in [-0.39, 0.29) is 43.2 Å². The lowest BCUT2D eigenvalue weighted by Crippen LogP contribution is -2.14. The minimum absolute atomic E-state index is 0. The second-order valence-electron chi connectivity index (χ2n) is 5.96. The van der Waals surface area contributed by atoms with Crippen LogP contribution in [0.5, 0.6) is 0 Å². The van der Waals surface area contributed by atoms with Crippen LogP contribution in [0.1, 0.15) is 38.3 Å². The molecule has 0 spiro atoms. The zero-order valence-corrected chi connectivity index (χ0v) is 17.7. The predicted octanol–water partition coefficient (Wildman–Crippen LogP) is 5.14. The fraction of sp³-hybridized carbons (Fsp3) is 0.412. The Morgan fingerprint density at radius 3 is 2.38 bits per heavy atom. The number of hydrogen-bond acceptors (Lipinski definition) is 5. The Bertz CT molecular complexity index is 721. The molecule has 0 atom stereocenters.